The Bertz CT molecular complexity index is 614. The second-order valence-electron chi connectivity index (χ2n) is 3.80. The van der Waals surface area contributed by atoms with Crippen molar-refractivity contribution in [1.82, 2.24) is 0 Å². The summed E-state index contributed by atoms with van der Waals surface area (Å²) in [4.78, 5) is 11.8. The summed E-state index contributed by atoms with van der Waals surface area (Å²) in [6, 6.07) is 10.1. The number of hydrogen-bond donors (Lipinski definition) is 0. The predicted molar refractivity (Wildman–Crippen MR) is 72.7 cm³/mol. The zero-order valence-corrected chi connectivity index (χ0v) is 11.2. The van der Waals surface area contributed by atoms with Gasteiger partial charge in [0.2, 0.25) is 0 Å². The van der Waals surface area contributed by atoms with E-state index in [4.69, 9.17) is 27.9 Å². The molecule has 0 fully saturated rings. The van der Waals surface area contributed by atoms with Gasteiger partial charge in [-0.3, -0.25) is 4.79 Å². The van der Waals surface area contributed by atoms with E-state index in [0.29, 0.717) is 15.8 Å². The Morgan fingerprint density at radius 3 is 2.58 bits per heavy atom. The van der Waals surface area contributed by atoms with Crippen LogP contribution in [0.15, 0.2) is 42.5 Å². The summed E-state index contributed by atoms with van der Waals surface area (Å²) in [5.74, 6) is -0.342. The normalized spacial score (nSPS) is 10.3. The second-order valence-corrected chi connectivity index (χ2v) is 4.61. The van der Waals surface area contributed by atoms with Gasteiger partial charge >= 0.3 is 0 Å². The van der Waals surface area contributed by atoms with Gasteiger partial charge < -0.3 is 4.74 Å². The summed E-state index contributed by atoms with van der Waals surface area (Å²) in [6.07, 6.45) is 0. The van der Waals surface area contributed by atoms with Gasteiger partial charge in [0.15, 0.2) is 12.4 Å². The summed E-state index contributed by atoms with van der Waals surface area (Å²) in [5, 5.41) is 0.753. The van der Waals surface area contributed by atoms with Gasteiger partial charge in [-0.05, 0) is 24.3 Å². The lowest BCUT2D eigenvalue weighted by atomic mass is 10.1. The van der Waals surface area contributed by atoms with Crippen molar-refractivity contribution in [3.05, 3.63) is 63.9 Å². The molecule has 0 N–H and O–H groups in total. The number of ketones is 1. The van der Waals surface area contributed by atoms with Crippen LogP contribution in [0.4, 0.5) is 4.39 Å². The molecular weight excluding hydrogens is 290 g/mol. The molecule has 0 unspecified atom stereocenters. The molecule has 0 atom stereocenters. The van der Waals surface area contributed by atoms with Crippen LogP contribution in [0, 0.1) is 5.82 Å². The van der Waals surface area contributed by atoms with Gasteiger partial charge in [-0.2, -0.15) is 0 Å². The van der Waals surface area contributed by atoms with E-state index in [1.165, 1.54) is 30.3 Å². The second kappa shape index (κ2) is 6.04. The Hall–Kier alpha value is -1.58. The highest BCUT2D eigenvalue weighted by atomic mass is 35.5. The minimum absolute atomic E-state index is 0.193. The molecule has 0 heterocycles. The molecule has 0 spiro atoms. The maximum absolute atomic E-state index is 13.0. The summed E-state index contributed by atoms with van der Waals surface area (Å²) >= 11 is 11.6. The molecule has 2 nitrogen and oxygen atoms in total. The van der Waals surface area contributed by atoms with Gasteiger partial charge in [0.25, 0.3) is 0 Å². The fourth-order valence-corrected chi connectivity index (χ4v) is 1.75. The van der Waals surface area contributed by atoms with Gasteiger partial charge in [-0.1, -0.05) is 35.3 Å². The van der Waals surface area contributed by atoms with Crippen LogP contribution in [0.25, 0.3) is 0 Å². The Kier molecular flexibility index (Phi) is 4.40. The Morgan fingerprint density at radius 1 is 1.11 bits per heavy atom. The molecule has 5 heteroatoms. The van der Waals surface area contributed by atoms with E-state index in [0.717, 1.165) is 0 Å². The molecule has 0 saturated carbocycles. The van der Waals surface area contributed by atoms with E-state index in [9.17, 15) is 9.18 Å². The number of rotatable bonds is 4. The van der Waals surface area contributed by atoms with E-state index in [1.54, 1.807) is 12.1 Å². The SMILES string of the molecule is O=C(COc1ccc(Cl)c(Cl)c1)c1cccc(F)c1. The summed E-state index contributed by atoms with van der Waals surface area (Å²) in [5.41, 5.74) is 0.264. The molecule has 0 aromatic heterocycles. The highest BCUT2D eigenvalue weighted by Gasteiger charge is 2.08. The molecule has 19 heavy (non-hydrogen) atoms. The molecule has 0 aliphatic carbocycles. The third kappa shape index (κ3) is 3.69. The molecule has 0 radical (unpaired) electrons. The minimum Gasteiger partial charge on any atom is -0.485 e. The molecule has 2 rings (SSSR count). The van der Waals surface area contributed by atoms with Crippen LogP contribution >= 0.6 is 23.2 Å². The first-order valence-electron chi connectivity index (χ1n) is 5.43. The third-order valence-electron chi connectivity index (χ3n) is 2.41. The first kappa shape index (κ1) is 13.8. The van der Waals surface area contributed by atoms with Crippen molar-refractivity contribution < 1.29 is 13.9 Å². The third-order valence-corrected chi connectivity index (χ3v) is 3.15. The van der Waals surface area contributed by atoms with Crippen molar-refractivity contribution in [1.29, 1.82) is 0 Å². The van der Waals surface area contributed by atoms with Crippen molar-refractivity contribution in [2.75, 3.05) is 6.61 Å². The monoisotopic (exact) mass is 298 g/mol. The lowest BCUT2D eigenvalue weighted by Crippen LogP contribution is -2.11. The highest BCUT2D eigenvalue weighted by molar-refractivity contribution is 6.42. The van der Waals surface area contributed by atoms with E-state index < -0.39 is 5.82 Å². The first-order chi connectivity index (χ1) is 9.06. The number of benzene rings is 2. The van der Waals surface area contributed by atoms with E-state index in [1.807, 2.05) is 0 Å². The van der Waals surface area contributed by atoms with Crippen molar-refractivity contribution in [3.63, 3.8) is 0 Å². The molecule has 0 aliphatic heterocycles. The van der Waals surface area contributed by atoms with Crippen molar-refractivity contribution in [2.24, 2.45) is 0 Å². The summed E-state index contributed by atoms with van der Waals surface area (Å²) in [6.45, 7) is -0.193. The number of carbonyl (C=O) groups is 1. The summed E-state index contributed by atoms with van der Waals surface area (Å²) < 4.78 is 18.2. The highest BCUT2D eigenvalue weighted by Crippen LogP contribution is 2.26. The van der Waals surface area contributed by atoms with Gasteiger partial charge in [-0.25, -0.2) is 4.39 Å². The fourth-order valence-electron chi connectivity index (χ4n) is 1.46. The van der Waals surface area contributed by atoms with Crippen LogP contribution in [0.3, 0.4) is 0 Å². The lowest BCUT2D eigenvalue weighted by molar-refractivity contribution is 0.0921. The number of ether oxygens (including phenoxy) is 1. The van der Waals surface area contributed by atoms with E-state index in [2.05, 4.69) is 0 Å². The van der Waals surface area contributed by atoms with Gasteiger partial charge in [0.05, 0.1) is 10.0 Å². The average Bonchev–Trinajstić information content (AvgIpc) is 2.40. The Labute approximate surface area is 119 Å². The zero-order valence-electron chi connectivity index (χ0n) is 9.70. The van der Waals surface area contributed by atoms with Crippen LogP contribution in [0.2, 0.25) is 10.0 Å². The quantitative estimate of drug-likeness (QED) is 0.782. The van der Waals surface area contributed by atoms with Crippen LogP contribution in [0.1, 0.15) is 10.4 Å². The van der Waals surface area contributed by atoms with Gasteiger partial charge in [0, 0.05) is 11.6 Å². The average molecular weight is 299 g/mol. The van der Waals surface area contributed by atoms with Crippen molar-refractivity contribution in [3.8, 4) is 5.75 Å². The molecule has 0 bridgehead atoms. The Balaban J connectivity index is 2.02. The molecule has 0 aliphatic rings. The Morgan fingerprint density at radius 2 is 1.89 bits per heavy atom. The number of Topliss-reactive ketones (excluding diaryl/α,β-unsaturated/α-hetero) is 1. The molecule has 2 aromatic rings. The molecule has 0 saturated heterocycles. The first-order valence-corrected chi connectivity index (χ1v) is 6.18. The number of carbonyl (C=O) groups excluding carboxylic acids is 1. The van der Waals surface area contributed by atoms with Crippen LogP contribution in [-0.2, 0) is 0 Å². The standard InChI is InChI=1S/C14H9Cl2FO2/c15-12-5-4-11(7-13(12)16)19-8-14(18)9-2-1-3-10(17)6-9/h1-7H,8H2. The topological polar surface area (TPSA) is 26.3 Å². The fraction of sp³-hybridized carbons (Fsp3) is 0.0714. The van der Waals surface area contributed by atoms with Crippen LogP contribution in [-0.4, -0.2) is 12.4 Å². The van der Waals surface area contributed by atoms with Gasteiger partial charge in [0.1, 0.15) is 11.6 Å². The lowest BCUT2D eigenvalue weighted by Gasteiger charge is -2.06. The summed E-state index contributed by atoms with van der Waals surface area (Å²) in [7, 11) is 0. The van der Waals surface area contributed by atoms with Crippen LogP contribution in [0.5, 0.6) is 5.75 Å². The predicted octanol–water partition coefficient (Wildman–Crippen LogP) is 4.39. The van der Waals surface area contributed by atoms with E-state index in [-0.39, 0.29) is 18.0 Å². The van der Waals surface area contributed by atoms with Crippen molar-refractivity contribution >= 4 is 29.0 Å². The zero-order chi connectivity index (χ0) is 13.8. The molecular formula is C14H9Cl2FO2. The largest absolute Gasteiger partial charge is 0.485 e. The molecule has 0 amide bonds. The maximum Gasteiger partial charge on any atom is 0.200 e. The van der Waals surface area contributed by atoms with Gasteiger partial charge in [-0.15, -0.1) is 0 Å². The molecule has 98 valence electrons. The van der Waals surface area contributed by atoms with Crippen LogP contribution < -0.4 is 4.74 Å². The van der Waals surface area contributed by atoms with Crippen molar-refractivity contribution in [2.45, 2.75) is 0 Å². The smallest absolute Gasteiger partial charge is 0.200 e. The molecule has 2 aromatic carbocycles. The van der Waals surface area contributed by atoms with E-state index >= 15 is 0 Å². The maximum atomic E-state index is 13.0. The number of hydrogen-bond acceptors (Lipinski definition) is 2. The minimum atomic E-state index is -0.458. The number of halogens is 3.